The fourth-order valence-electron chi connectivity index (χ4n) is 1.68. The molecule has 0 bridgehead atoms. The zero-order chi connectivity index (χ0) is 13.1. The number of benzene rings is 2. The van der Waals surface area contributed by atoms with Crippen molar-refractivity contribution in [1.29, 1.82) is 0 Å². The van der Waals surface area contributed by atoms with Gasteiger partial charge in [0.25, 0.3) is 0 Å². The van der Waals surface area contributed by atoms with Crippen LogP contribution in [0.15, 0.2) is 46.9 Å². The van der Waals surface area contributed by atoms with Crippen molar-refractivity contribution < 1.29 is 4.39 Å². The van der Waals surface area contributed by atoms with E-state index in [1.54, 1.807) is 12.1 Å². The normalized spacial score (nSPS) is 12.2. The van der Waals surface area contributed by atoms with Gasteiger partial charge in [-0.05, 0) is 36.8 Å². The maximum Gasteiger partial charge on any atom is 0.164 e. The molecule has 1 unspecified atom stereocenters. The summed E-state index contributed by atoms with van der Waals surface area (Å²) >= 11 is 9.13. The third-order valence-corrected chi connectivity index (χ3v) is 3.51. The predicted octanol–water partition coefficient (Wildman–Crippen LogP) is 5.41. The Labute approximate surface area is 119 Å². The van der Waals surface area contributed by atoms with Crippen LogP contribution in [-0.2, 0) is 0 Å². The Morgan fingerprint density at radius 1 is 1.17 bits per heavy atom. The summed E-state index contributed by atoms with van der Waals surface area (Å²) in [6.07, 6.45) is 0. The lowest BCUT2D eigenvalue weighted by Gasteiger charge is -2.16. The van der Waals surface area contributed by atoms with Crippen LogP contribution in [0.3, 0.4) is 0 Å². The number of anilines is 1. The highest BCUT2D eigenvalue weighted by Crippen LogP contribution is 2.26. The van der Waals surface area contributed by atoms with Crippen LogP contribution in [0.1, 0.15) is 18.5 Å². The molecule has 18 heavy (non-hydrogen) atoms. The lowest BCUT2D eigenvalue weighted by atomic mass is 10.1. The largest absolute Gasteiger partial charge is 0.376 e. The summed E-state index contributed by atoms with van der Waals surface area (Å²) in [5.41, 5.74) is 1.50. The molecule has 0 aliphatic heterocycles. The van der Waals surface area contributed by atoms with Gasteiger partial charge in [0.1, 0.15) is 0 Å². The molecule has 0 heterocycles. The quantitative estimate of drug-likeness (QED) is 0.794. The van der Waals surface area contributed by atoms with Crippen LogP contribution in [0.5, 0.6) is 0 Å². The van der Waals surface area contributed by atoms with E-state index in [1.807, 2.05) is 31.2 Å². The van der Waals surface area contributed by atoms with Gasteiger partial charge in [0.05, 0.1) is 10.7 Å². The molecule has 1 atom stereocenters. The molecule has 0 aromatic heterocycles. The SMILES string of the molecule is CC(Nc1cccc(Cl)c1F)c1ccc(Br)cc1. The molecule has 2 rings (SSSR count). The molecule has 1 N–H and O–H groups in total. The second-order valence-corrected chi connectivity index (χ2v) is 5.34. The second-order valence-electron chi connectivity index (χ2n) is 4.02. The van der Waals surface area contributed by atoms with Crippen molar-refractivity contribution in [1.82, 2.24) is 0 Å². The van der Waals surface area contributed by atoms with Crippen LogP contribution in [-0.4, -0.2) is 0 Å². The van der Waals surface area contributed by atoms with Crippen molar-refractivity contribution >= 4 is 33.2 Å². The topological polar surface area (TPSA) is 12.0 Å². The molecule has 2 aromatic carbocycles. The van der Waals surface area contributed by atoms with Gasteiger partial charge in [-0.2, -0.15) is 0 Å². The average molecular weight is 329 g/mol. The van der Waals surface area contributed by atoms with Crippen molar-refractivity contribution in [3.05, 3.63) is 63.3 Å². The van der Waals surface area contributed by atoms with Crippen LogP contribution >= 0.6 is 27.5 Å². The minimum atomic E-state index is -0.414. The summed E-state index contributed by atoms with van der Waals surface area (Å²) < 4.78 is 14.8. The minimum Gasteiger partial charge on any atom is -0.376 e. The van der Waals surface area contributed by atoms with E-state index in [4.69, 9.17) is 11.6 Å². The number of hydrogen-bond acceptors (Lipinski definition) is 1. The Bertz CT molecular complexity index is 542. The van der Waals surface area contributed by atoms with Crippen LogP contribution in [0.4, 0.5) is 10.1 Å². The Morgan fingerprint density at radius 2 is 1.83 bits per heavy atom. The van der Waals surface area contributed by atoms with Gasteiger partial charge < -0.3 is 5.32 Å². The lowest BCUT2D eigenvalue weighted by molar-refractivity contribution is 0.628. The Kier molecular flexibility index (Phi) is 4.25. The Hall–Kier alpha value is -1.06. The monoisotopic (exact) mass is 327 g/mol. The number of hydrogen-bond donors (Lipinski definition) is 1. The van der Waals surface area contributed by atoms with Crippen LogP contribution in [0.25, 0.3) is 0 Å². The summed E-state index contributed by atoms with van der Waals surface area (Å²) in [5.74, 6) is -0.414. The van der Waals surface area contributed by atoms with E-state index in [0.29, 0.717) is 5.69 Å². The summed E-state index contributed by atoms with van der Waals surface area (Å²) in [6.45, 7) is 1.98. The summed E-state index contributed by atoms with van der Waals surface area (Å²) in [7, 11) is 0. The first-order valence-corrected chi connectivity index (χ1v) is 6.71. The zero-order valence-corrected chi connectivity index (χ0v) is 12.1. The van der Waals surface area contributed by atoms with Gasteiger partial charge in [-0.25, -0.2) is 4.39 Å². The maximum atomic E-state index is 13.7. The van der Waals surface area contributed by atoms with Crippen LogP contribution in [0, 0.1) is 5.82 Å². The van der Waals surface area contributed by atoms with Gasteiger partial charge in [-0.3, -0.25) is 0 Å². The fraction of sp³-hybridized carbons (Fsp3) is 0.143. The molecule has 0 aliphatic carbocycles. The molecule has 0 saturated heterocycles. The van der Waals surface area contributed by atoms with Crippen molar-refractivity contribution in [2.45, 2.75) is 13.0 Å². The molecular formula is C14H12BrClFN. The van der Waals surface area contributed by atoms with Gasteiger partial charge in [0.2, 0.25) is 0 Å². The third-order valence-electron chi connectivity index (χ3n) is 2.69. The van der Waals surface area contributed by atoms with Gasteiger partial charge in [0.15, 0.2) is 5.82 Å². The minimum absolute atomic E-state index is 0.00562. The molecule has 0 saturated carbocycles. The molecule has 0 amide bonds. The summed E-state index contributed by atoms with van der Waals surface area (Å²) in [4.78, 5) is 0. The van der Waals surface area contributed by atoms with Crippen LogP contribution in [0.2, 0.25) is 5.02 Å². The molecule has 1 nitrogen and oxygen atoms in total. The third kappa shape index (κ3) is 3.03. The Morgan fingerprint density at radius 3 is 2.50 bits per heavy atom. The molecule has 2 aromatic rings. The van der Waals surface area contributed by atoms with E-state index in [2.05, 4.69) is 21.2 Å². The molecule has 0 aliphatic rings. The molecular weight excluding hydrogens is 317 g/mol. The first-order chi connectivity index (χ1) is 8.58. The van der Waals surface area contributed by atoms with Crippen molar-refractivity contribution in [2.24, 2.45) is 0 Å². The molecule has 0 radical (unpaired) electrons. The summed E-state index contributed by atoms with van der Waals surface area (Å²) in [5, 5.41) is 3.24. The second kappa shape index (κ2) is 5.72. The van der Waals surface area contributed by atoms with E-state index in [-0.39, 0.29) is 11.1 Å². The lowest BCUT2D eigenvalue weighted by Crippen LogP contribution is -2.07. The van der Waals surface area contributed by atoms with E-state index in [1.165, 1.54) is 6.07 Å². The van der Waals surface area contributed by atoms with Crippen LogP contribution < -0.4 is 5.32 Å². The van der Waals surface area contributed by atoms with Gasteiger partial charge in [-0.1, -0.05) is 45.7 Å². The molecule has 4 heteroatoms. The fourth-order valence-corrected chi connectivity index (χ4v) is 2.12. The van der Waals surface area contributed by atoms with Crippen molar-refractivity contribution in [3.8, 4) is 0 Å². The van der Waals surface area contributed by atoms with Gasteiger partial charge in [-0.15, -0.1) is 0 Å². The van der Waals surface area contributed by atoms with E-state index < -0.39 is 5.82 Å². The first-order valence-electron chi connectivity index (χ1n) is 5.54. The number of halogens is 3. The van der Waals surface area contributed by atoms with Crippen molar-refractivity contribution in [2.75, 3.05) is 5.32 Å². The highest BCUT2D eigenvalue weighted by Gasteiger charge is 2.10. The first kappa shape index (κ1) is 13.4. The molecule has 0 spiro atoms. The van der Waals surface area contributed by atoms with E-state index in [9.17, 15) is 4.39 Å². The van der Waals surface area contributed by atoms with Gasteiger partial charge in [0, 0.05) is 10.5 Å². The van der Waals surface area contributed by atoms with Crippen molar-refractivity contribution in [3.63, 3.8) is 0 Å². The summed E-state index contributed by atoms with van der Waals surface area (Å²) in [6, 6.07) is 12.8. The number of rotatable bonds is 3. The highest BCUT2D eigenvalue weighted by atomic mass is 79.9. The highest BCUT2D eigenvalue weighted by molar-refractivity contribution is 9.10. The molecule has 0 fully saturated rings. The smallest absolute Gasteiger partial charge is 0.164 e. The average Bonchev–Trinajstić information content (AvgIpc) is 2.36. The Balaban J connectivity index is 2.18. The zero-order valence-electron chi connectivity index (χ0n) is 9.75. The number of nitrogens with one attached hydrogen (secondary N) is 1. The molecule has 94 valence electrons. The van der Waals surface area contributed by atoms with E-state index >= 15 is 0 Å². The predicted molar refractivity (Wildman–Crippen MR) is 77.6 cm³/mol. The van der Waals surface area contributed by atoms with E-state index in [0.717, 1.165) is 10.0 Å². The standard InChI is InChI=1S/C14H12BrClFN/c1-9(10-5-7-11(15)8-6-10)18-13-4-2-3-12(16)14(13)17/h2-9,18H,1H3. The maximum absolute atomic E-state index is 13.7. The van der Waals surface area contributed by atoms with Gasteiger partial charge >= 0.3 is 0 Å².